The second-order valence-electron chi connectivity index (χ2n) is 5.00. The van der Waals surface area contributed by atoms with Crippen LogP contribution in [0.2, 0.25) is 0 Å². The Morgan fingerprint density at radius 1 is 1.40 bits per heavy atom. The average Bonchev–Trinajstić information content (AvgIpc) is 2.67. The van der Waals surface area contributed by atoms with E-state index in [-0.39, 0.29) is 22.4 Å². The molecule has 6 nitrogen and oxygen atoms in total. The first-order valence-electron chi connectivity index (χ1n) is 6.41. The summed E-state index contributed by atoms with van der Waals surface area (Å²) in [4.78, 5) is 11.9. The Morgan fingerprint density at radius 2 is 2.00 bits per heavy atom. The SMILES string of the molecule is CC(=O)c1sc(NC2CCNCC2)c(S(C)(=O)=O)c1N. The van der Waals surface area contributed by atoms with Crippen LogP contribution in [0.5, 0.6) is 0 Å². The molecular weight excluding hydrogens is 298 g/mol. The second kappa shape index (κ2) is 5.71. The summed E-state index contributed by atoms with van der Waals surface area (Å²) >= 11 is 1.13. The Balaban J connectivity index is 2.40. The van der Waals surface area contributed by atoms with Crippen molar-refractivity contribution in [2.24, 2.45) is 0 Å². The van der Waals surface area contributed by atoms with Crippen LogP contribution in [0, 0.1) is 0 Å². The van der Waals surface area contributed by atoms with E-state index in [1.165, 1.54) is 6.92 Å². The Labute approximate surface area is 122 Å². The zero-order valence-corrected chi connectivity index (χ0v) is 13.2. The molecule has 112 valence electrons. The lowest BCUT2D eigenvalue weighted by Gasteiger charge is -2.24. The van der Waals surface area contributed by atoms with Crippen LogP contribution in [-0.4, -0.2) is 39.6 Å². The average molecular weight is 317 g/mol. The fourth-order valence-corrected chi connectivity index (χ4v) is 4.83. The van der Waals surface area contributed by atoms with Gasteiger partial charge in [0, 0.05) is 19.2 Å². The Bertz CT molecular complexity index is 616. The Hall–Kier alpha value is -1.12. The number of sulfone groups is 1. The van der Waals surface area contributed by atoms with Crippen molar-refractivity contribution < 1.29 is 13.2 Å². The zero-order chi connectivity index (χ0) is 14.9. The molecule has 8 heteroatoms. The lowest BCUT2D eigenvalue weighted by Crippen LogP contribution is -2.35. The molecule has 1 aliphatic heterocycles. The molecule has 2 heterocycles. The van der Waals surface area contributed by atoms with E-state index >= 15 is 0 Å². The highest BCUT2D eigenvalue weighted by Crippen LogP contribution is 2.40. The van der Waals surface area contributed by atoms with Gasteiger partial charge in [-0.2, -0.15) is 0 Å². The van der Waals surface area contributed by atoms with Crippen LogP contribution in [0.4, 0.5) is 10.7 Å². The van der Waals surface area contributed by atoms with E-state index in [1.54, 1.807) is 0 Å². The molecule has 0 atom stereocenters. The molecule has 1 aromatic heterocycles. The van der Waals surface area contributed by atoms with Gasteiger partial charge in [-0.1, -0.05) is 0 Å². The fraction of sp³-hybridized carbons (Fsp3) is 0.583. The normalized spacial score (nSPS) is 17.1. The van der Waals surface area contributed by atoms with Crippen LogP contribution < -0.4 is 16.4 Å². The van der Waals surface area contributed by atoms with E-state index in [0.29, 0.717) is 9.88 Å². The summed E-state index contributed by atoms with van der Waals surface area (Å²) in [5.74, 6) is -0.212. The van der Waals surface area contributed by atoms with Crippen LogP contribution in [-0.2, 0) is 9.84 Å². The predicted molar refractivity (Wildman–Crippen MR) is 81.4 cm³/mol. The summed E-state index contributed by atoms with van der Waals surface area (Å²) in [5.41, 5.74) is 5.93. The van der Waals surface area contributed by atoms with Crippen LogP contribution in [0.1, 0.15) is 29.4 Å². The standard InChI is InChI=1S/C12H19N3O3S2/c1-7(16)10-9(13)11(20(2,17)18)12(19-10)15-8-3-5-14-6-4-8/h8,14-15H,3-6,13H2,1-2H3. The van der Waals surface area contributed by atoms with Crippen molar-refractivity contribution in [1.82, 2.24) is 5.32 Å². The quantitative estimate of drug-likeness (QED) is 0.719. The highest BCUT2D eigenvalue weighted by atomic mass is 32.2. The molecule has 1 saturated heterocycles. The van der Waals surface area contributed by atoms with Crippen molar-refractivity contribution in [3.8, 4) is 0 Å². The van der Waals surface area contributed by atoms with Gasteiger partial charge in [0.15, 0.2) is 15.6 Å². The summed E-state index contributed by atoms with van der Waals surface area (Å²) < 4.78 is 23.8. The molecule has 0 unspecified atom stereocenters. The number of piperidine rings is 1. The molecule has 0 aromatic carbocycles. The molecule has 0 aliphatic carbocycles. The number of thiophene rings is 1. The summed E-state index contributed by atoms with van der Waals surface area (Å²) in [5, 5.41) is 6.97. The van der Waals surface area contributed by atoms with Gasteiger partial charge in [0.1, 0.15) is 9.90 Å². The Morgan fingerprint density at radius 3 is 2.50 bits per heavy atom. The molecule has 0 spiro atoms. The van der Waals surface area contributed by atoms with Crippen LogP contribution in [0.25, 0.3) is 0 Å². The van der Waals surface area contributed by atoms with Crippen LogP contribution in [0.15, 0.2) is 4.90 Å². The first-order valence-corrected chi connectivity index (χ1v) is 9.12. The molecule has 1 aliphatic rings. The molecule has 4 N–H and O–H groups in total. The molecule has 0 saturated carbocycles. The maximum absolute atomic E-state index is 11.9. The number of rotatable bonds is 4. The fourth-order valence-electron chi connectivity index (χ4n) is 2.31. The second-order valence-corrected chi connectivity index (χ2v) is 7.97. The van der Waals surface area contributed by atoms with Crippen LogP contribution >= 0.6 is 11.3 Å². The Kier molecular flexibility index (Phi) is 4.36. The number of nitrogens with one attached hydrogen (secondary N) is 2. The van der Waals surface area contributed by atoms with Crippen LogP contribution in [0.3, 0.4) is 0 Å². The molecule has 0 radical (unpaired) electrons. The number of carbonyl (C=O) groups excluding carboxylic acids is 1. The van der Waals surface area contributed by atoms with Crippen molar-refractivity contribution >= 4 is 37.6 Å². The number of Topliss-reactive ketones (excluding diaryl/α,β-unsaturated/α-hetero) is 1. The van der Waals surface area contributed by atoms with Gasteiger partial charge in [0.25, 0.3) is 0 Å². The van der Waals surface area contributed by atoms with Crippen molar-refractivity contribution in [1.29, 1.82) is 0 Å². The number of anilines is 2. The number of carbonyl (C=O) groups is 1. The van der Waals surface area contributed by atoms with Gasteiger partial charge < -0.3 is 16.4 Å². The lowest BCUT2D eigenvalue weighted by molar-refractivity contribution is 0.102. The van der Waals surface area contributed by atoms with E-state index in [1.807, 2.05) is 0 Å². The van der Waals surface area contributed by atoms with E-state index in [4.69, 9.17) is 5.73 Å². The first-order chi connectivity index (χ1) is 9.30. The maximum Gasteiger partial charge on any atom is 0.180 e. The minimum Gasteiger partial charge on any atom is -0.396 e. The topological polar surface area (TPSA) is 101 Å². The summed E-state index contributed by atoms with van der Waals surface area (Å²) in [6, 6.07) is 0.203. The number of nitrogen functional groups attached to an aromatic ring is 1. The van der Waals surface area contributed by atoms with E-state index < -0.39 is 9.84 Å². The summed E-state index contributed by atoms with van der Waals surface area (Å²) in [6.45, 7) is 3.18. The van der Waals surface area contributed by atoms with Gasteiger partial charge in [-0.3, -0.25) is 4.79 Å². The van der Waals surface area contributed by atoms with Gasteiger partial charge in [-0.05, 0) is 25.9 Å². The zero-order valence-electron chi connectivity index (χ0n) is 11.5. The monoisotopic (exact) mass is 317 g/mol. The highest BCUT2D eigenvalue weighted by Gasteiger charge is 2.27. The smallest absolute Gasteiger partial charge is 0.180 e. The molecule has 1 fully saturated rings. The molecule has 0 amide bonds. The van der Waals surface area contributed by atoms with Gasteiger partial charge in [0.05, 0.1) is 10.6 Å². The predicted octanol–water partition coefficient (Wildman–Crippen LogP) is 1.10. The van der Waals surface area contributed by atoms with Gasteiger partial charge in [0.2, 0.25) is 0 Å². The third-order valence-electron chi connectivity index (χ3n) is 3.26. The minimum atomic E-state index is -3.47. The number of ketones is 1. The van der Waals surface area contributed by atoms with Gasteiger partial charge in [-0.25, -0.2) is 8.42 Å². The largest absolute Gasteiger partial charge is 0.396 e. The number of hydrogen-bond donors (Lipinski definition) is 3. The molecular formula is C12H19N3O3S2. The third-order valence-corrected chi connectivity index (χ3v) is 5.80. The number of nitrogens with two attached hydrogens (primary N) is 1. The number of hydrogen-bond acceptors (Lipinski definition) is 7. The van der Waals surface area contributed by atoms with Crippen molar-refractivity contribution in [2.75, 3.05) is 30.4 Å². The maximum atomic E-state index is 11.9. The first kappa shape index (κ1) is 15.3. The van der Waals surface area contributed by atoms with E-state index in [9.17, 15) is 13.2 Å². The summed E-state index contributed by atoms with van der Waals surface area (Å²) in [6.07, 6.45) is 2.94. The van der Waals surface area contributed by atoms with E-state index in [2.05, 4.69) is 10.6 Å². The third kappa shape index (κ3) is 3.13. The van der Waals surface area contributed by atoms with E-state index in [0.717, 1.165) is 43.5 Å². The summed E-state index contributed by atoms with van der Waals surface area (Å²) in [7, 11) is -3.47. The lowest BCUT2D eigenvalue weighted by atomic mass is 10.1. The van der Waals surface area contributed by atoms with Gasteiger partial charge in [-0.15, -0.1) is 11.3 Å². The molecule has 0 bridgehead atoms. The minimum absolute atomic E-state index is 0.0613. The molecule has 20 heavy (non-hydrogen) atoms. The molecule has 2 rings (SSSR count). The van der Waals surface area contributed by atoms with Crippen molar-refractivity contribution in [3.63, 3.8) is 0 Å². The van der Waals surface area contributed by atoms with Crippen molar-refractivity contribution in [2.45, 2.75) is 30.7 Å². The van der Waals surface area contributed by atoms with Gasteiger partial charge >= 0.3 is 0 Å². The molecule has 1 aromatic rings. The highest BCUT2D eigenvalue weighted by molar-refractivity contribution is 7.91. The van der Waals surface area contributed by atoms with Crippen molar-refractivity contribution in [3.05, 3.63) is 4.88 Å².